The van der Waals surface area contributed by atoms with Crippen LogP contribution in [0.3, 0.4) is 0 Å². The van der Waals surface area contributed by atoms with E-state index in [1.807, 2.05) is 32.2 Å². The van der Waals surface area contributed by atoms with Crippen molar-refractivity contribution >= 4 is 40.4 Å². The lowest BCUT2D eigenvalue weighted by Crippen LogP contribution is -1.99. The Bertz CT molecular complexity index is 914. The molecule has 6 nitrogen and oxygen atoms in total. The van der Waals surface area contributed by atoms with Crippen molar-refractivity contribution in [1.29, 1.82) is 0 Å². The van der Waals surface area contributed by atoms with Crippen molar-refractivity contribution in [3.63, 3.8) is 0 Å². The molecule has 0 N–H and O–H groups in total. The van der Waals surface area contributed by atoms with Gasteiger partial charge in [-0.05, 0) is 32.2 Å². The molecular weight excluding hydrogens is 378 g/mol. The average molecular weight is 392 g/mol. The third-order valence-corrected chi connectivity index (χ3v) is 5.20. The molecule has 0 aromatic carbocycles. The number of halogens is 1. The van der Waals surface area contributed by atoms with Crippen molar-refractivity contribution in [3.05, 3.63) is 46.3 Å². The summed E-state index contributed by atoms with van der Waals surface area (Å²) in [6, 6.07) is 5.39. The molecule has 3 heterocycles. The molecule has 9 heteroatoms. The summed E-state index contributed by atoms with van der Waals surface area (Å²) in [4.78, 5) is 23.4. The van der Waals surface area contributed by atoms with E-state index in [0.717, 1.165) is 21.1 Å². The molecule has 3 aromatic heterocycles. The van der Waals surface area contributed by atoms with Crippen LogP contribution in [0.5, 0.6) is 5.88 Å². The second-order valence-electron chi connectivity index (χ2n) is 4.96. The van der Waals surface area contributed by atoms with Crippen LogP contribution < -0.4 is 4.84 Å². The smallest absolute Gasteiger partial charge is 0.254 e. The molecule has 0 fully saturated rings. The van der Waals surface area contributed by atoms with E-state index in [0.29, 0.717) is 21.9 Å². The van der Waals surface area contributed by atoms with Crippen LogP contribution in [-0.2, 0) is 0 Å². The molecule has 0 aliphatic carbocycles. The number of aromatic nitrogens is 4. The van der Waals surface area contributed by atoms with Gasteiger partial charge in [0.15, 0.2) is 5.16 Å². The second-order valence-corrected chi connectivity index (χ2v) is 7.12. The number of oxime groups is 1. The second kappa shape index (κ2) is 7.90. The molecule has 0 saturated heterocycles. The summed E-state index contributed by atoms with van der Waals surface area (Å²) in [6.07, 6.45) is 5.39. The molecule has 0 saturated carbocycles. The first-order chi connectivity index (χ1) is 12.1. The van der Waals surface area contributed by atoms with Gasteiger partial charge in [0.05, 0.1) is 16.3 Å². The van der Waals surface area contributed by atoms with E-state index in [2.05, 4.69) is 25.1 Å². The van der Waals surface area contributed by atoms with Gasteiger partial charge in [0.2, 0.25) is 0 Å². The Morgan fingerprint density at radius 2 is 2.16 bits per heavy atom. The Labute approximate surface area is 158 Å². The number of aryl methyl sites for hydroxylation is 1. The molecule has 0 aliphatic rings. The fraction of sp³-hybridized carbons (Fsp3) is 0.188. The molecular formula is C16H14ClN5OS2. The van der Waals surface area contributed by atoms with Gasteiger partial charge >= 0.3 is 0 Å². The van der Waals surface area contributed by atoms with Crippen LogP contribution in [0.4, 0.5) is 0 Å². The van der Waals surface area contributed by atoms with Gasteiger partial charge in [-0.3, -0.25) is 4.98 Å². The summed E-state index contributed by atoms with van der Waals surface area (Å²) < 4.78 is 0. The number of thiazole rings is 1. The third-order valence-electron chi connectivity index (χ3n) is 3.14. The molecule has 0 bridgehead atoms. The topological polar surface area (TPSA) is 73.2 Å². The van der Waals surface area contributed by atoms with Gasteiger partial charge in [0.25, 0.3) is 5.88 Å². The maximum absolute atomic E-state index is 5.95. The highest BCUT2D eigenvalue weighted by molar-refractivity contribution is 7.98. The minimum atomic E-state index is 0.304. The zero-order valence-corrected chi connectivity index (χ0v) is 16.1. The Morgan fingerprint density at radius 1 is 1.32 bits per heavy atom. The van der Waals surface area contributed by atoms with E-state index < -0.39 is 0 Å². The summed E-state index contributed by atoms with van der Waals surface area (Å²) in [6.45, 7) is 3.81. The first-order valence-electron chi connectivity index (χ1n) is 7.25. The molecule has 0 amide bonds. The summed E-state index contributed by atoms with van der Waals surface area (Å²) in [5.41, 5.74) is 2.58. The molecule has 0 unspecified atom stereocenters. The van der Waals surface area contributed by atoms with E-state index in [9.17, 15) is 0 Å². The summed E-state index contributed by atoms with van der Waals surface area (Å²) >= 11 is 8.87. The molecule has 0 atom stereocenters. The van der Waals surface area contributed by atoms with Gasteiger partial charge < -0.3 is 4.84 Å². The lowest BCUT2D eigenvalue weighted by Gasteiger charge is -2.02. The van der Waals surface area contributed by atoms with Crippen molar-refractivity contribution < 1.29 is 4.84 Å². The van der Waals surface area contributed by atoms with Crippen LogP contribution in [0.15, 0.2) is 40.9 Å². The van der Waals surface area contributed by atoms with Gasteiger partial charge in [0, 0.05) is 24.0 Å². The minimum Gasteiger partial charge on any atom is -0.336 e. The minimum absolute atomic E-state index is 0.304. The molecule has 0 spiro atoms. The first-order valence-corrected chi connectivity index (χ1v) is 9.67. The highest BCUT2D eigenvalue weighted by Gasteiger charge is 2.13. The Kier molecular flexibility index (Phi) is 5.62. The lowest BCUT2D eigenvalue weighted by atomic mass is 10.3. The van der Waals surface area contributed by atoms with Gasteiger partial charge in [-0.15, -0.1) is 11.3 Å². The third kappa shape index (κ3) is 4.33. The van der Waals surface area contributed by atoms with E-state index in [4.69, 9.17) is 16.4 Å². The highest BCUT2D eigenvalue weighted by atomic mass is 35.5. The Morgan fingerprint density at radius 3 is 2.88 bits per heavy atom. The predicted molar refractivity (Wildman–Crippen MR) is 102 cm³/mol. The number of rotatable bonds is 5. The van der Waals surface area contributed by atoms with Crippen LogP contribution in [0.2, 0.25) is 5.15 Å². The standard InChI is InChI=1S/C16H14ClN5OS2/c1-9-14(25-15(19-9)11-5-4-6-18-8-11)10(2)22-23-13-7-12(17)20-16(21-13)24-3/h4-8H,1-3H3. The van der Waals surface area contributed by atoms with Crippen molar-refractivity contribution in [2.45, 2.75) is 19.0 Å². The molecule has 3 aromatic rings. The van der Waals surface area contributed by atoms with Crippen molar-refractivity contribution in [2.75, 3.05) is 6.26 Å². The SMILES string of the molecule is CSc1nc(Cl)cc(ON=C(C)c2sc(-c3cccnc3)nc2C)n1. The maximum atomic E-state index is 5.95. The Balaban J connectivity index is 1.83. The number of hydrogen-bond acceptors (Lipinski definition) is 8. The fourth-order valence-corrected chi connectivity index (χ4v) is 3.60. The number of pyridine rings is 1. The average Bonchev–Trinajstić information content (AvgIpc) is 3.02. The van der Waals surface area contributed by atoms with E-state index in [1.54, 1.807) is 23.7 Å². The van der Waals surface area contributed by atoms with E-state index in [1.165, 1.54) is 17.8 Å². The van der Waals surface area contributed by atoms with Gasteiger partial charge in [0.1, 0.15) is 10.2 Å². The van der Waals surface area contributed by atoms with Crippen molar-refractivity contribution in [3.8, 4) is 16.5 Å². The summed E-state index contributed by atoms with van der Waals surface area (Å²) in [5.74, 6) is 0.304. The molecule has 128 valence electrons. The summed E-state index contributed by atoms with van der Waals surface area (Å²) in [5, 5.41) is 5.90. The molecule has 0 aliphatic heterocycles. The van der Waals surface area contributed by atoms with Crippen LogP contribution in [0.25, 0.3) is 10.6 Å². The van der Waals surface area contributed by atoms with Gasteiger partial charge in [-0.2, -0.15) is 4.98 Å². The number of nitrogens with zero attached hydrogens (tertiary/aromatic N) is 5. The zero-order chi connectivity index (χ0) is 17.8. The van der Waals surface area contributed by atoms with E-state index >= 15 is 0 Å². The summed E-state index contributed by atoms with van der Waals surface area (Å²) in [7, 11) is 0. The van der Waals surface area contributed by atoms with Gasteiger partial charge in [-0.1, -0.05) is 28.5 Å². The largest absolute Gasteiger partial charge is 0.336 e. The maximum Gasteiger partial charge on any atom is 0.254 e. The van der Waals surface area contributed by atoms with Gasteiger partial charge in [-0.25, -0.2) is 9.97 Å². The lowest BCUT2D eigenvalue weighted by molar-refractivity contribution is 0.323. The normalized spacial score (nSPS) is 11.6. The van der Waals surface area contributed by atoms with Crippen molar-refractivity contribution in [2.24, 2.45) is 5.16 Å². The number of hydrogen-bond donors (Lipinski definition) is 0. The molecule has 0 radical (unpaired) electrons. The van der Waals surface area contributed by atoms with Crippen LogP contribution in [-0.4, -0.2) is 31.9 Å². The molecule has 25 heavy (non-hydrogen) atoms. The van der Waals surface area contributed by atoms with Crippen LogP contribution in [0, 0.1) is 6.92 Å². The monoisotopic (exact) mass is 391 g/mol. The zero-order valence-electron chi connectivity index (χ0n) is 13.7. The van der Waals surface area contributed by atoms with Crippen molar-refractivity contribution in [1.82, 2.24) is 19.9 Å². The molecule has 3 rings (SSSR count). The highest BCUT2D eigenvalue weighted by Crippen LogP contribution is 2.28. The van der Waals surface area contributed by atoms with Crippen LogP contribution in [0.1, 0.15) is 17.5 Å². The Hall–Kier alpha value is -2.03. The van der Waals surface area contributed by atoms with E-state index in [-0.39, 0.29) is 0 Å². The predicted octanol–water partition coefficient (Wildman–Crippen LogP) is 4.48. The quantitative estimate of drug-likeness (QED) is 0.210. The van der Waals surface area contributed by atoms with Crippen LogP contribution >= 0.6 is 34.7 Å². The first kappa shape index (κ1) is 17.8. The number of thioether (sulfide) groups is 1. The fourth-order valence-electron chi connectivity index (χ4n) is 2.02.